The molecule has 1 aromatic rings. The van der Waals surface area contributed by atoms with Gasteiger partial charge in [-0.25, -0.2) is 4.98 Å². The molecule has 3 heteroatoms. The maximum Gasteiger partial charge on any atom is 0.300 e. The Morgan fingerprint density at radius 3 is 2.70 bits per heavy atom. The molecule has 0 fully saturated rings. The van der Waals surface area contributed by atoms with E-state index in [1.807, 2.05) is 19.9 Å². The fraction of sp³-hybridized carbons (Fsp3) is 0.429. The summed E-state index contributed by atoms with van der Waals surface area (Å²) in [4.78, 5) is 3.73. The van der Waals surface area contributed by atoms with Crippen LogP contribution in [0.2, 0.25) is 0 Å². The smallest absolute Gasteiger partial charge is 0.300 e. The molecule has 0 aliphatic heterocycles. The van der Waals surface area contributed by atoms with Gasteiger partial charge in [0.2, 0.25) is 0 Å². The largest absolute Gasteiger partial charge is 0.433 e. The van der Waals surface area contributed by atoms with E-state index < -0.39 is 0 Å². The maximum absolute atomic E-state index is 8.33. The topological polar surface area (TPSA) is 49.8 Å². The third-order valence-electron chi connectivity index (χ3n) is 1.19. The van der Waals surface area contributed by atoms with Gasteiger partial charge in [0.1, 0.15) is 5.76 Å². The Bertz CT molecular complexity index is 257. The summed E-state index contributed by atoms with van der Waals surface area (Å²) in [6.07, 6.45) is 1.59. The van der Waals surface area contributed by atoms with Crippen molar-refractivity contribution < 1.29 is 4.42 Å². The molecule has 0 aliphatic rings. The second-order valence-corrected chi connectivity index (χ2v) is 2.33. The monoisotopic (exact) mass is 136 g/mol. The molecule has 1 aromatic heterocycles. The molecule has 1 rings (SSSR count). The van der Waals surface area contributed by atoms with Crippen molar-refractivity contribution in [3.63, 3.8) is 0 Å². The summed E-state index contributed by atoms with van der Waals surface area (Å²) in [5.41, 5.74) is 0. The van der Waals surface area contributed by atoms with Gasteiger partial charge in [0.25, 0.3) is 0 Å². The van der Waals surface area contributed by atoms with Crippen molar-refractivity contribution in [2.75, 3.05) is 0 Å². The summed E-state index contributed by atoms with van der Waals surface area (Å²) in [5, 5.41) is 8.33. The predicted octanol–water partition coefficient (Wildman–Crippen LogP) is 1.67. The molecule has 1 heterocycles. The van der Waals surface area contributed by atoms with Crippen molar-refractivity contribution in [2.45, 2.75) is 19.8 Å². The number of hydrogen-bond acceptors (Lipinski definition) is 3. The van der Waals surface area contributed by atoms with Crippen LogP contribution in [0.3, 0.4) is 0 Å². The van der Waals surface area contributed by atoms with Gasteiger partial charge in [-0.05, 0) is 0 Å². The average molecular weight is 136 g/mol. The van der Waals surface area contributed by atoms with Crippen molar-refractivity contribution in [3.8, 4) is 6.07 Å². The summed E-state index contributed by atoms with van der Waals surface area (Å²) in [6, 6.07) is 1.82. The molecule has 0 saturated heterocycles. The summed E-state index contributed by atoms with van der Waals surface area (Å²) in [5.74, 6) is 1.20. The third-order valence-corrected chi connectivity index (χ3v) is 1.19. The van der Waals surface area contributed by atoms with Crippen molar-refractivity contribution in [2.24, 2.45) is 0 Å². The third kappa shape index (κ3) is 1.16. The molecule has 0 N–H and O–H groups in total. The Kier molecular flexibility index (Phi) is 1.72. The first-order valence-corrected chi connectivity index (χ1v) is 3.10. The van der Waals surface area contributed by atoms with E-state index in [0.717, 1.165) is 5.76 Å². The molecule has 0 spiro atoms. The summed E-state index contributed by atoms with van der Waals surface area (Å²) < 4.78 is 5.02. The van der Waals surface area contributed by atoms with Crippen molar-refractivity contribution >= 4 is 0 Å². The second-order valence-electron chi connectivity index (χ2n) is 2.33. The first-order chi connectivity index (χ1) is 4.74. The minimum Gasteiger partial charge on any atom is -0.433 e. The minimum absolute atomic E-state index is 0.142. The van der Waals surface area contributed by atoms with Crippen molar-refractivity contribution in [1.82, 2.24) is 4.98 Å². The molecule has 0 saturated carbocycles. The SMILES string of the molecule is CC(C)c1cnc(C#N)o1. The first-order valence-electron chi connectivity index (χ1n) is 3.10. The lowest BCUT2D eigenvalue weighted by molar-refractivity contribution is 0.471. The second kappa shape index (κ2) is 2.53. The zero-order chi connectivity index (χ0) is 7.56. The molecule has 0 aromatic carbocycles. The van der Waals surface area contributed by atoms with Crippen LogP contribution in [0, 0.1) is 11.3 Å². The van der Waals surface area contributed by atoms with E-state index in [-0.39, 0.29) is 5.89 Å². The Morgan fingerprint density at radius 2 is 2.40 bits per heavy atom. The van der Waals surface area contributed by atoms with E-state index in [1.165, 1.54) is 0 Å². The zero-order valence-corrected chi connectivity index (χ0v) is 5.96. The van der Waals surface area contributed by atoms with Crippen LogP contribution < -0.4 is 0 Å². The van der Waals surface area contributed by atoms with Crippen LogP contribution in [0.1, 0.15) is 31.4 Å². The number of nitriles is 1. The first kappa shape index (κ1) is 6.81. The fourth-order valence-electron chi connectivity index (χ4n) is 0.605. The summed E-state index contributed by atoms with van der Waals surface area (Å²) >= 11 is 0. The highest BCUT2D eigenvalue weighted by molar-refractivity contribution is 5.09. The lowest BCUT2D eigenvalue weighted by Crippen LogP contribution is -1.80. The van der Waals surface area contributed by atoms with Gasteiger partial charge in [0, 0.05) is 5.92 Å². The molecule has 0 bridgehead atoms. The lowest BCUT2D eigenvalue weighted by Gasteiger charge is -1.93. The molecule has 10 heavy (non-hydrogen) atoms. The van der Waals surface area contributed by atoms with Gasteiger partial charge < -0.3 is 4.42 Å². The van der Waals surface area contributed by atoms with Crippen molar-refractivity contribution in [1.29, 1.82) is 5.26 Å². The molecule has 0 unspecified atom stereocenters. The van der Waals surface area contributed by atoms with Gasteiger partial charge in [-0.3, -0.25) is 0 Å². The average Bonchev–Trinajstić information content (AvgIpc) is 2.34. The minimum atomic E-state index is 0.142. The number of hydrogen-bond donors (Lipinski definition) is 0. The Labute approximate surface area is 59.3 Å². The van der Waals surface area contributed by atoms with E-state index in [2.05, 4.69) is 4.98 Å². The van der Waals surface area contributed by atoms with Crippen LogP contribution in [-0.2, 0) is 0 Å². The van der Waals surface area contributed by atoms with Gasteiger partial charge in [-0.2, -0.15) is 5.26 Å². The lowest BCUT2D eigenvalue weighted by atomic mass is 10.2. The summed E-state index contributed by atoms with van der Waals surface area (Å²) in [7, 11) is 0. The quantitative estimate of drug-likeness (QED) is 0.590. The van der Waals surface area contributed by atoms with E-state index >= 15 is 0 Å². The highest BCUT2D eigenvalue weighted by Crippen LogP contribution is 2.13. The highest BCUT2D eigenvalue weighted by atomic mass is 16.4. The molecule has 0 radical (unpaired) electrons. The Morgan fingerprint density at radius 1 is 1.70 bits per heavy atom. The van der Waals surface area contributed by atoms with Crippen LogP contribution in [0.25, 0.3) is 0 Å². The highest BCUT2D eigenvalue weighted by Gasteiger charge is 2.05. The van der Waals surface area contributed by atoms with Crippen LogP contribution in [0.5, 0.6) is 0 Å². The molecule has 0 atom stereocenters. The van der Waals surface area contributed by atoms with Gasteiger partial charge in [0.15, 0.2) is 6.07 Å². The van der Waals surface area contributed by atoms with Gasteiger partial charge >= 0.3 is 5.89 Å². The number of oxazole rings is 1. The van der Waals surface area contributed by atoms with Crippen LogP contribution in [0.15, 0.2) is 10.6 Å². The Balaban J connectivity index is 2.91. The molecular formula is C7H8N2O. The predicted molar refractivity (Wildman–Crippen MR) is 35.3 cm³/mol. The van der Waals surface area contributed by atoms with Gasteiger partial charge in [0.05, 0.1) is 6.20 Å². The van der Waals surface area contributed by atoms with Crippen LogP contribution in [-0.4, -0.2) is 4.98 Å². The van der Waals surface area contributed by atoms with Crippen molar-refractivity contribution in [3.05, 3.63) is 17.8 Å². The van der Waals surface area contributed by atoms with E-state index in [0.29, 0.717) is 5.92 Å². The van der Waals surface area contributed by atoms with Gasteiger partial charge in [-0.15, -0.1) is 0 Å². The van der Waals surface area contributed by atoms with E-state index in [4.69, 9.17) is 9.68 Å². The molecule has 52 valence electrons. The maximum atomic E-state index is 8.33. The summed E-state index contributed by atoms with van der Waals surface area (Å²) in [6.45, 7) is 3.98. The Hall–Kier alpha value is -1.30. The van der Waals surface area contributed by atoms with Crippen LogP contribution >= 0.6 is 0 Å². The van der Waals surface area contributed by atoms with E-state index in [1.54, 1.807) is 6.20 Å². The zero-order valence-electron chi connectivity index (χ0n) is 5.96. The van der Waals surface area contributed by atoms with E-state index in [9.17, 15) is 0 Å². The standard InChI is InChI=1S/C7H8N2O/c1-5(2)6-4-9-7(3-8)10-6/h4-5H,1-2H3. The number of aromatic nitrogens is 1. The molecule has 3 nitrogen and oxygen atoms in total. The number of nitrogens with zero attached hydrogens (tertiary/aromatic N) is 2. The molecular weight excluding hydrogens is 128 g/mol. The molecule has 0 aliphatic carbocycles. The van der Waals surface area contributed by atoms with Crippen LogP contribution in [0.4, 0.5) is 0 Å². The fourth-order valence-corrected chi connectivity index (χ4v) is 0.605. The normalized spacial score (nSPS) is 9.80. The van der Waals surface area contributed by atoms with Gasteiger partial charge in [-0.1, -0.05) is 13.8 Å². The number of rotatable bonds is 1. The molecule has 0 amide bonds.